The lowest BCUT2D eigenvalue weighted by molar-refractivity contribution is -0.127. The number of hydrogen-bond donors (Lipinski definition) is 2. The van der Waals surface area contributed by atoms with E-state index in [2.05, 4.69) is 10.6 Å². The third kappa shape index (κ3) is 3.86. The largest absolute Gasteiger partial charge is 0.477 e. The van der Waals surface area contributed by atoms with Crippen LogP contribution < -0.4 is 15.4 Å². The van der Waals surface area contributed by atoms with E-state index in [1.165, 1.54) is 0 Å². The average molecular weight is 264 g/mol. The van der Waals surface area contributed by atoms with Crippen LogP contribution in [0.3, 0.4) is 0 Å². The monoisotopic (exact) mass is 264 g/mol. The van der Waals surface area contributed by atoms with Crippen molar-refractivity contribution in [2.24, 2.45) is 0 Å². The zero-order valence-corrected chi connectivity index (χ0v) is 11.1. The molecule has 0 fully saturated rings. The fraction of sp³-hybridized carbons (Fsp3) is 0.500. The van der Waals surface area contributed by atoms with E-state index in [0.717, 1.165) is 30.9 Å². The number of fused-ring (bicyclic) bond motifs is 1. The maximum Gasteiger partial charge on any atom is 0.262 e. The van der Waals surface area contributed by atoms with Crippen LogP contribution in [0.4, 0.5) is 5.69 Å². The Morgan fingerprint density at radius 1 is 1.47 bits per heavy atom. The summed E-state index contributed by atoms with van der Waals surface area (Å²) in [4.78, 5) is 11.9. The summed E-state index contributed by atoms with van der Waals surface area (Å²) in [6, 6.07) is 7.63. The van der Waals surface area contributed by atoms with Gasteiger partial charge in [-0.1, -0.05) is 12.1 Å². The SMILES string of the molecule is COCCCCNC(=O)C1CNc2ccccc2O1. The summed E-state index contributed by atoms with van der Waals surface area (Å²) in [5.74, 6) is 0.660. The zero-order chi connectivity index (χ0) is 13.5. The lowest BCUT2D eigenvalue weighted by Crippen LogP contribution is -2.45. The number of rotatable bonds is 6. The molecule has 104 valence electrons. The second-order valence-corrected chi connectivity index (χ2v) is 4.47. The van der Waals surface area contributed by atoms with E-state index in [-0.39, 0.29) is 5.91 Å². The van der Waals surface area contributed by atoms with E-state index in [1.807, 2.05) is 24.3 Å². The number of anilines is 1. The van der Waals surface area contributed by atoms with Crippen LogP contribution in [0.2, 0.25) is 0 Å². The summed E-state index contributed by atoms with van der Waals surface area (Å²) in [5.41, 5.74) is 0.937. The third-order valence-electron chi connectivity index (χ3n) is 3.00. The normalized spacial score (nSPS) is 17.0. The van der Waals surface area contributed by atoms with Gasteiger partial charge >= 0.3 is 0 Å². The van der Waals surface area contributed by atoms with Crippen LogP contribution in [0.15, 0.2) is 24.3 Å². The Morgan fingerprint density at radius 2 is 2.32 bits per heavy atom. The van der Waals surface area contributed by atoms with Gasteiger partial charge in [0.2, 0.25) is 0 Å². The van der Waals surface area contributed by atoms with E-state index >= 15 is 0 Å². The highest BCUT2D eigenvalue weighted by Crippen LogP contribution is 2.28. The van der Waals surface area contributed by atoms with Crippen LogP contribution in [0.5, 0.6) is 5.75 Å². The highest BCUT2D eigenvalue weighted by atomic mass is 16.5. The summed E-state index contributed by atoms with van der Waals surface area (Å²) in [6.07, 6.45) is 1.40. The summed E-state index contributed by atoms with van der Waals surface area (Å²) in [5, 5.41) is 6.08. The van der Waals surface area contributed by atoms with Crippen molar-refractivity contribution in [2.75, 3.05) is 32.1 Å². The number of nitrogens with one attached hydrogen (secondary N) is 2. The summed E-state index contributed by atoms with van der Waals surface area (Å²) in [7, 11) is 1.68. The van der Waals surface area contributed by atoms with E-state index in [1.54, 1.807) is 7.11 Å². The number of carbonyl (C=O) groups excluding carboxylic acids is 1. The number of unbranched alkanes of at least 4 members (excludes halogenated alkanes) is 1. The molecule has 1 aromatic carbocycles. The lowest BCUT2D eigenvalue weighted by atomic mass is 10.2. The molecule has 0 bridgehead atoms. The van der Waals surface area contributed by atoms with Crippen LogP contribution in [-0.2, 0) is 9.53 Å². The van der Waals surface area contributed by atoms with Crippen LogP contribution in [-0.4, -0.2) is 38.8 Å². The zero-order valence-electron chi connectivity index (χ0n) is 11.1. The molecule has 1 aliphatic heterocycles. The predicted molar refractivity (Wildman–Crippen MR) is 73.5 cm³/mol. The fourth-order valence-corrected chi connectivity index (χ4v) is 1.96. The smallest absolute Gasteiger partial charge is 0.262 e. The van der Waals surface area contributed by atoms with E-state index in [0.29, 0.717) is 13.1 Å². The molecule has 1 atom stereocenters. The molecular formula is C14H20N2O3. The van der Waals surface area contributed by atoms with Gasteiger partial charge in [-0.05, 0) is 25.0 Å². The fourth-order valence-electron chi connectivity index (χ4n) is 1.96. The molecule has 0 saturated heterocycles. The van der Waals surface area contributed by atoms with Crippen molar-refractivity contribution in [1.82, 2.24) is 5.32 Å². The first-order chi connectivity index (χ1) is 9.31. The van der Waals surface area contributed by atoms with Crippen LogP contribution in [0.1, 0.15) is 12.8 Å². The molecular weight excluding hydrogens is 244 g/mol. The predicted octanol–water partition coefficient (Wildman–Crippen LogP) is 1.40. The van der Waals surface area contributed by atoms with Crippen molar-refractivity contribution >= 4 is 11.6 Å². The molecule has 2 rings (SSSR count). The number of ether oxygens (including phenoxy) is 2. The van der Waals surface area contributed by atoms with Gasteiger partial charge < -0.3 is 20.1 Å². The van der Waals surface area contributed by atoms with Crippen molar-refractivity contribution in [2.45, 2.75) is 18.9 Å². The molecule has 0 radical (unpaired) electrons. The van der Waals surface area contributed by atoms with Crippen LogP contribution in [0, 0.1) is 0 Å². The average Bonchev–Trinajstić information content (AvgIpc) is 2.46. The maximum absolute atomic E-state index is 11.9. The van der Waals surface area contributed by atoms with Crippen molar-refractivity contribution in [3.05, 3.63) is 24.3 Å². The first-order valence-corrected chi connectivity index (χ1v) is 6.57. The molecule has 5 nitrogen and oxygen atoms in total. The molecule has 0 saturated carbocycles. The Morgan fingerprint density at radius 3 is 3.16 bits per heavy atom. The van der Waals surface area contributed by atoms with Gasteiger partial charge in [-0.25, -0.2) is 0 Å². The van der Waals surface area contributed by atoms with Gasteiger partial charge in [-0.2, -0.15) is 0 Å². The molecule has 1 heterocycles. The molecule has 2 N–H and O–H groups in total. The summed E-state index contributed by atoms with van der Waals surface area (Å²) < 4.78 is 10.6. The minimum absolute atomic E-state index is 0.0700. The second-order valence-electron chi connectivity index (χ2n) is 4.47. The lowest BCUT2D eigenvalue weighted by Gasteiger charge is -2.26. The second kappa shape index (κ2) is 6.99. The molecule has 5 heteroatoms. The Bertz CT molecular complexity index is 423. The van der Waals surface area contributed by atoms with E-state index in [9.17, 15) is 4.79 Å². The van der Waals surface area contributed by atoms with Gasteiger partial charge in [-0.15, -0.1) is 0 Å². The van der Waals surface area contributed by atoms with E-state index < -0.39 is 6.10 Å². The molecule has 0 spiro atoms. The van der Waals surface area contributed by atoms with Crippen LogP contribution in [0.25, 0.3) is 0 Å². The Hall–Kier alpha value is -1.75. The van der Waals surface area contributed by atoms with Gasteiger partial charge in [0.1, 0.15) is 5.75 Å². The quantitative estimate of drug-likeness (QED) is 0.763. The highest BCUT2D eigenvalue weighted by molar-refractivity contribution is 5.83. The van der Waals surface area contributed by atoms with Crippen molar-refractivity contribution in [3.63, 3.8) is 0 Å². The topological polar surface area (TPSA) is 59.6 Å². The van der Waals surface area contributed by atoms with Gasteiger partial charge in [0, 0.05) is 20.3 Å². The van der Waals surface area contributed by atoms with Crippen molar-refractivity contribution in [1.29, 1.82) is 0 Å². The van der Waals surface area contributed by atoms with Gasteiger partial charge in [0.25, 0.3) is 5.91 Å². The maximum atomic E-state index is 11.9. The number of amides is 1. The first-order valence-electron chi connectivity index (χ1n) is 6.57. The number of methoxy groups -OCH3 is 1. The highest BCUT2D eigenvalue weighted by Gasteiger charge is 2.24. The number of para-hydroxylation sites is 2. The van der Waals surface area contributed by atoms with Gasteiger partial charge in [0.05, 0.1) is 12.2 Å². The van der Waals surface area contributed by atoms with Crippen molar-refractivity contribution < 1.29 is 14.3 Å². The molecule has 0 aromatic heterocycles. The Kier molecular flexibility index (Phi) is 5.03. The molecule has 19 heavy (non-hydrogen) atoms. The van der Waals surface area contributed by atoms with Crippen LogP contribution >= 0.6 is 0 Å². The number of hydrogen-bond acceptors (Lipinski definition) is 4. The minimum atomic E-state index is -0.461. The Balaban J connectivity index is 1.76. The molecule has 1 unspecified atom stereocenters. The standard InChI is InChI=1S/C14H20N2O3/c1-18-9-5-4-8-15-14(17)13-10-16-11-6-2-3-7-12(11)19-13/h2-3,6-7,13,16H,4-5,8-10H2,1H3,(H,15,17). The summed E-state index contributed by atoms with van der Waals surface area (Å²) in [6.45, 7) is 1.88. The molecule has 1 amide bonds. The molecule has 1 aliphatic rings. The summed E-state index contributed by atoms with van der Waals surface area (Å²) >= 11 is 0. The first kappa shape index (κ1) is 13.7. The molecule has 0 aliphatic carbocycles. The van der Waals surface area contributed by atoms with Gasteiger partial charge in [-0.3, -0.25) is 4.79 Å². The molecule has 1 aromatic rings. The number of benzene rings is 1. The minimum Gasteiger partial charge on any atom is -0.477 e. The van der Waals surface area contributed by atoms with Crippen molar-refractivity contribution in [3.8, 4) is 5.75 Å². The third-order valence-corrected chi connectivity index (χ3v) is 3.00. The van der Waals surface area contributed by atoms with E-state index in [4.69, 9.17) is 9.47 Å². The van der Waals surface area contributed by atoms with Gasteiger partial charge in [0.15, 0.2) is 6.10 Å². The Labute approximate surface area is 113 Å². The number of carbonyl (C=O) groups is 1.